The van der Waals surface area contributed by atoms with Crippen molar-refractivity contribution in [3.63, 3.8) is 0 Å². The molecule has 154 valence electrons. The molecule has 0 unspecified atom stereocenters. The van der Waals surface area contributed by atoms with Crippen molar-refractivity contribution in [2.75, 3.05) is 4.90 Å². The summed E-state index contributed by atoms with van der Waals surface area (Å²) in [6.07, 6.45) is 3.94. The summed E-state index contributed by atoms with van der Waals surface area (Å²) >= 11 is 9.37. The molecule has 1 fully saturated rings. The number of nitrogens with one attached hydrogen (secondary N) is 1. The maximum absolute atomic E-state index is 5.83. The molecule has 1 aliphatic heterocycles. The van der Waals surface area contributed by atoms with E-state index in [4.69, 9.17) is 12.2 Å². The first-order valence-corrected chi connectivity index (χ1v) is 11.3. The minimum absolute atomic E-state index is 0.0564. The van der Waals surface area contributed by atoms with E-state index in [1.807, 2.05) is 30.5 Å². The summed E-state index contributed by atoms with van der Waals surface area (Å²) in [5, 5.41) is 4.23. The Morgan fingerprint density at radius 3 is 2.52 bits per heavy atom. The fraction of sp³-hybridized carbons (Fsp3) is 0.120. The van der Waals surface area contributed by atoms with Crippen LogP contribution in [-0.2, 0) is 0 Å². The highest BCUT2D eigenvalue weighted by molar-refractivity contribution is 9.10. The zero-order valence-corrected chi connectivity index (χ0v) is 19.3. The molecule has 2 aromatic carbocycles. The summed E-state index contributed by atoms with van der Waals surface area (Å²) in [5.41, 5.74) is 5.51. The van der Waals surface area contributed by atoms with Crippen molar-refractivity contribution in [2.45, 2.75) is 19.0 Å². The van der Waals surface area contributed by atoms with Gasteiger partial charge >= 0.3 is 0 Å². The molecular weight excluding hydrogens is 468 g/mol. The molecule has 6 heteroatoms. The number of aryl methyl sites for hydroxylation is 1. The van der Waals surface area contributed by atoms with Gasteiger partial charge in [-0.05, 0) is 85.4 Å². The monoisotopic (exact) mass is 488 g/mol. The van der Waals surface area contributed by atoms with Crippen molar-refractivity contribution in [3.8, 4) is 5.69 Å². The lowest BCUT2D eigenvalue weighted by atomic mass is 10.0. The Bertz CT molecular complexity index is 1220. The first-order chi connectivity index (χ1) is 15.1. The van der Waals surface area contributed by atoms with Crippen LogP contribution in [0.5, 0.6) is 0 Å². The number of anilines is 1. The third-order valence-electron chi connectivity index (χ3n) is 5.57. The van der Waals surface area contributed by atoms with Crippen LogP contribution in [0.25, 0.3) is 5.69 Å². The lowest BCUT2D eigenvalue weighted by Gasteiger charge is -2.29. The molecule has 4 aromatic rings. The summed E-state index contributed by atoms with van der Waals surface area (Å²) in [5.74, 6) is 0. The van der Waals surface area contributed by atoms with Gasteiger partial charge < -0.3 is 14.8 Å². The first-order valence-electron chi connectivity index (χ1n) is 10.1. The van der Waals surface area contributed by atoms with Gasteiger partial charge in [0.1, 0.15) is 6.04 Å². The van der Waals surface area contributed by atoms with Crippen molar-refractivity contribution >= 4 is 38.9 Å². The number of hydrogen-bond donors (Lipinski definition) is 1. The Morgan fingerprint density at radius 2 is 1.77 bits per heavy atom. The van der Waals surface area contributed by atoms with Crippen LogP contribution in [0.3, 0.4) is 0 Å². The Kier molecular flexibility index (Phi) is 5.34. The van der Waals surface area contributed by atoms with Crippen molar-refractivity contribution in [2.24, 2.45) is 0 Å². The van der Waals surface area contributed by atoms with Gasteiger partial charge in [0.2, 0.25) is 0 Å². The fourth-order valence-corrected chi connectivity index (χ4v) is 4.79. The molecule has 0 aliphatic carbocycles. The van der Waals surface area contributed by atoms with Gasteiger partial charge in [-0.3, -0.25) is 4.98 Å². The maximum Gasteiger partial charge on any atom is 0.174 e. The van der Waals surface area contributed by atoms with Crippen LogP contribution in [0.15, 0.2) is 95.7 Å². The van der Waals surface area contributed by atoms with E-state index in [-0.39, 0.29) is 12.1 Å². The molecule has 0 bridgehead atoms. The SMILES string of the molecule is Cc1cccc(-n2cccc2[C@H]2[C@@H](c3ccccn3)NC(=S)N2c2ccc(Br)cc2)c1. The van der Waals surface area contributed by atoms with Gasteiger partial charge in [-0.15, -0.1) is 0 Å². The summed E-state index contributed by atoms with van der Waals surface area (Å²) in [6, 6.07) is 27.0. The van der Waals surface area contributed by atoms with E-state index in [9.17, 15) is 0 Å². The molecule has 0 amide bonds. The van der Waals surface area contributed by atoms with Crippen molar-refractivity contribution in [3.05, 3.63) is 113 Å². The van der Waals surface area contributed by atoms with Crippen LogP contribution in [0.2, 0.25) is 0 Å². The average molecular weight is 489 g/mol. The van der Waals surface area contributed by atoms with Gasteiger partial charge in [-0.2, -0.15) is 0 Å². The topological polar surface area (TPSA) is 33.1 Å². The zero-order chi connectivity index (χ0) is 21.4. The number of aromatic nitrogens is 2. The molecular formula is C25H21BrN4S. The smallest absolute Gasteiger partial charge is 0.174 e. The third-order valence-corrected chi connectivity index (χ3v) is 6.41. The fourth-order valence-electron chi connectivity index (χ4n) is 4.18. The van der Waals surface area contributed by atoms with E-state index in [1.54, 1.807) is 0 Å². The van der Waals surface area contributed by atoms with Crippen molar-refractivity contribution in [1.82, 2.24) is 14.9 Å². The molecule has 4 nitrogen and oxygen atoms in total. The number of hydrogen-bond acceptors (Lipinski definition) is 2. The minimum Gasteiger partial charge on any atom is -0.351 e. The Hall–Kier alpha value is -2.96. The summed E-state index contributed by atoms with van der Waals surface area (Å²) < 4.78 is 3.28. The molecule has 3 heterocycles. The van der Waals surface area contributed by atoms with Crippen LogP contribution >= 0.6 is 28.1 Å². The molecule has 1 N–H and O–H groups in total. The molecule has 0 spiro atoms. The highest BCUT2D eigenvalue weighted by Crippen LogP contribution is 2.42. The van der Waals surface area contributed by atoms with E-state index in [0.29, 0.717) is 5.11 Å². The summed E-state index contributed by atoms with van der Waals surface area (Å²) in [4.78, 5) is 6.85. The van der Waals surface area contributed by atoms with E-state index in [2.05, 4.69) is 103 Å². The molecule has 1 aliphatic rings. The van der Waals surface area contributed by atoms with Gasteiger partial charge in [0.15, 0.2) is 5.11 Å². The van der Waals surface area contributed by atoms with E-state index >= 15 is 0 Å². The minimum atomic E-state index is -0.0733. The molecule has 2 aromatic heterocycles. The quantitative estimate of drug-likeness (QED) is 0.350. The Labute approximate surface area is 195 Å². The largest absolute Gasteiger partial charge is 0.351 e. The number of nitrogens with zero attached hydrogens (tertiary/aromatic N) is 3. The molecule has 5 rings (SSSR count). The van der Waals surface area contributed by atoms with Crippen LogP contribution in [-0.4, -0.2) is 14.7 Å². The predicted molar refractivity (Wildman–Crippen MR) is 133 cm³/mol. The van der Waals surface area contributed by atoms with Gasteiger partial charge in [0.25, 0.3) is 0 Å². The van der Waals surface area contributed by atoms with Crippen LogP contribution < -0.4 is 10.2 Å². The lowest BCUT2D eigenvalue weighted by molar-refractivity contribution is 0.549. The second-order valence-electron chi connectivity index (χ2n) is 7.62. The molecule has 2 atom stereocenters. The Morgan fingerprint density at radius 1 is 0.935 bits per heavy atom. The number of thiocarbonyl (C=S) groups is 1. The molecule has 0 saturated carbocycles. The second-order valence-corrected chi connectivity index (χ2v) is 8.92. The van der Waals surface area contributed by atoms with Gasteiger partial charge in [0.05, 0.1) is 11.7 Å². The van der Waals surface area contributed by atoms with Crippen molar-refractivity contribution < 1.29 is 0 Å². The van der Waals surface area contributed by atoms with E-state index < -0.39 is 0 Å². The highest BCUT2D eigenvalue weighted by Gasteiger charge is 2.42. The van der Waals surface area contributed by atoms with Crippen molar-refractivity contribution in [1.29, 1.82) is 0 Å². The van der Waals surface area contributed by atoms with E-state index in [1.165, 1.54) is 5.56 Å². The average Bonchev–Trinajstić information content (AvgIpc) is 3.39. The normalized spacial score (nSPS) is 18.3. The number of rotatable bonds is 4. The predicted octanol–water partition coefficient (Wildman–Crippen LogP) is 6.12. The summed E-state index contributed by atoms with van der Waals surface area (Å²) in [7, 11) is 0. The molecule has 1 saturated heterocycles. The number of pyridine rings is 1. The third kappa shape index (κ3) is 3.77. The summed E-state index contributed by atoms with van der Waals surface area (Å²) in [6.45, 7) is 2.11. The van der Waals surface area contributed by atoms with Crippen LogP contribution in [0.4, 0.5) is 5.69 Å². The lowest BCUT2D eigenvalue weighted by Crippen LogP contribution is -2.30. The first kappa shape index (κ1) is 20.0. The van der Waals surface area contributed by atoms with E-state index in [0.717, 1.165) is 27.2 Å². The van der Waals surface area contributed by atoms with Crippen LogP contribution in [0.1, 0.15) is 29.0 Å². The maximum atomic E-state index is 5.83. The zero-order valence-electron chi connectivity index (χ0n) is 16.9. The second kappa shape index (κ2) is 8.29. The molecule has 31 heavy (non-hydrogen) atoms. The Balaban J connectivity index is 1.67. The van der Waals surface area contributed by atoms with Gasteiger partial charge in [-0.25, -0.2) is 0 Å². The standard InChI is InChI=1S/C25H21BrN4S/c1-17-6-4-7-20(16-17)29-15-5-9-22(29)24-23(21-8-2-3-14-27-21)28-25(31)30(24)19-12-10-18(26)11-13-19/h2-16,23-24H,1H3,(H,28,31)/t23-,24+/m1/s1. The highest BCUT2D eigenvalue weighted by atomic mass is 79.9. The number of benzene rings is 2. The van der Waals surface area contributed by atoms with Crippen LogP contribution in [0, 0.1) is 6.92 Å². The molecule has 0 radical (unpaired) electrons. The van der Waals surface area contributed by atoms with Gasteiger partial charge in [-0.1, -0.05) is 34.1 Å². The number of halogens is 1. The van der Waals surface area contributed by atoms with Gasteiger partial charge in [0, 0.05) is 33.9 Å².